The Labute approximate surface area is 99.6 Å². The van der Waals surface area contributed by atoms with Crippen LogP contribution in [0.1, 0.15) is 33.6 Å². The van der Waals surface area contributed by atoms with Gasteiger partial charge in [0.1, 0.15) is 0 Å². The molecular weight excluding hydrogens is 224 g/mol. The highest BCUT2D eigenvalue weighted by atomic mass is 32.2. The summed E-state index contributed by atoms with van der Waals surface area (Å²) in [5, 5.41) is 3.19. The Morgan fingerprint density at radius 3 is 2.44 bits per heavy atom. The molecule has 2 N–H and O–H groups in total. The Balaban J connectivity index is 3.83. The van der Waals surface area contributed by atoms with Crippen molar-refractivity contribution in [1.82, 2.24) is 10.0 Å². The summed E-state index contributed by atoms with van der Waals surface area (Å²) in [6.45, 7) is 10.2. The van der Waals surface area contributed by atoms with E-state index in [9.17, 15) is 8.42 Å². The zero-order valence-corrected chi connectivity index (χ0v) is 11.3. The van der Waals surface area contributed by atoms with Crippen molar-refractivity contribution in [2.45, 2.75) is 45.7 Å². The first kappa shape index (κ1) is 15.6. The molecule has 0 bridgehead atoms. The maximum Gasteiger partial charge on any atom is 0.211 e. The maximum absolute atomic E-state index is 11.6. The monoisotopic (exact) mass is 248 g/mol. The third kappa shape index (κ3) is 8.88. The van der Waals surface area contributed by atoms with E-state index in [1.54, 1.807) is 6.08 Å². The number of hydrogen-bond acceptors (Lipinski definition) is 3. The van der Waals surface area contributed by atoms with Crippen molar-refractivity contribution in [1.29, 1.82) is 0 Å². The molecule has 0 spiro atoms. The van der Waals surface area contributed by atoms with Crippen molar-refractivity contribution in [3.63, 3.8) is 0 Å². The van der Waals surface area contributed by atoms with E-state index in [0.717, 1.165) is 6.54 Å². The van der Waals surface area contributed by atoms with Gasteiger partial charge in [-0.1, -0.05) is 19.9 Å². The molecule has 96 valence electrons. The van der Waals surface area contributed by atoms with Crippen LogP contribution in [-0.4, -0.2) is 32.8 Å². The smallest absolute Gasteiger partial charge is 0.211 e. The van der Waals surface area contributed by atoms with Gasteiger partial charge in [-0.2, -0.15) is 0 Å². The SMILES string of the molecule is C=CCC(C)NS(=O)(=O)CCCNC(C)C. The Bertz CT molecular complexity index is 286. The third-order valence-corrected chi connectivity index (χ3v) is 3.63. The molecule has 0 rings (SSSR count). The second-order valence-electron chi connectivity index (χ2n) is 4.32. The molecule has 0 aliphatic carbocycles. The molecule has 0 saturated heterocycles. The Morgan fingerprint density at radius 1 is 1.31 bits per heavy atom. The molecule has 0 radical (unpaired) electrons. The summed E-state index contributed by atoms with van der Waals surface area (Å²) >= 11 is 0. The molecule has 1 unspecified atom stereocenters. The van der Waals surface area contributed by atoms with Gasteiger partial charge in [0, 0.05) is 12.1 Å². The normalized spacial score (nSPS) is 14.0. The highest BCUT2D eigenvalue weighted by Gasteiger charge is 2.12. The minimum absolute atomic E-state index is 0.0689. The Morgan fingerprint density at radius 2 is 1.94 bits per heavy atom. The van der Waals surface area contributed by atoms with Crippen molar-refractivity contribution in [3.8, 4) is 0 Å². The Hall–Kier alpha value is -0.390. The van der Waals surface area contributed by atoms with Crippen molar-refractivity contribution >= 4 is 10.0 Å². The summed E-state index contributed by atoms with van der Waals surface area (Å²) in [6, 6.07) is 0.330. The van der Waals surface area contributed by atoms with Gasteiger partial charge in [-0.3, -0.25) is 0 Å². The lowest BCUT2D eigenvalue weighted by molar-refractivity contribution is 0.548. The van der Waals surface area contributed by atoms with Gasteiger partial charge < -0.3 is 5.32 Å². The third-order valence-electron chi connectivity index (χ3n) is 2.04. The molecule has 4 nitrogen and oxygen atoms in total. The van der Waals surface area contributed by atoms with Crippen LogP contribution in [-0.2, 0) is 10.0 Å². The van der Waals surface area contributed by atoms with Gasteiger partial charge in [0.25, 0.3) is 0 Å². The molecule has 0 amide bonds. The van der Waals surface area contributed by atoms with Gasteiger partial charge in [-0.25, -0.2) is 13.1 Å². The second-order valence-corrected chi connectivity index (χ2v) is 6.20. The molecule has 0 saturated carbocycles. The fourth-order valence-corrected chi connectivity index (χ4v) is 2.67. The van der Waals surface area contributed by atoms with Gasteiger partial charge in [0.2, 0.25) is 10.0 Å². The summed E-state index contributed by atoms with van der Waals surface area (Å²) < 4.78 is 25.8. The first-order chi connectivity index (χ1) is 7.37. The molecule has 0 heterocycles. The quantitative estimate of drug-likeness (QED) is 0.477. The van der Waals surface area contributed by atoms with Crippen molar-refractivity contribution in [2.24, 2.45) is 0 Å². The largest absolute Gasteiger partial charge is 0.314 e. The lowest BCUT2D eigenvalue weighted by atomic mass is 10.3. The standard InChI is InChI=1S/C11H24N2O2S/c1-5-7-11(4)13-16(14,15)9-6-8-12-10(2)3/h5,10-13H,1,6-9H2,2-4H3. The van der Waals surface area contributed by atoms with Crippen LogP contribution < -0.4 is 10.0 Å². The second kappa shape index (κ2) is 7.81. The first-order valence-electron chi connectivity index (χ1n) is 5.71. The van der Waals surface area contributed by atoms with Crippen molar-refractivity contribution in [3.05, 3.63) is 12.7 Å². The van der Waals surface area contributed by atoms with E-state index in [-0.39, 0.29) is 11.8 Å². The molecule has 16 heavy (non-hydrogen) atoms. The molecule has 1 atom stereocenters. The van der Waals surface area contributed by atoms with Crippen LogP contribution in [0.25, 0.3) is 0 Å². The molecule has 0 aromatic rings. The summed E-state index contributed by atoms with van der Waals surface area (Å²) in [5.41, 5.74) is 0. The minimum Gasteiger partial charge on any atom is -0.314 e. The van der Waals surface area contributed by atoms with E-state index in [1.165, 1.54) is 0 Å². The summed E-state index contributed by atoms with van der Waals surface area (Å²) in [6.07, 6.45) is 3.01. The van der Waals surface area contributed by atoms with Gasteiger partial charge in [-0.05, 0) is 26.3 Å². The molecular formula is C11H24N2O2S. The van der Waals surface area contributed by atoms with Crippen LogP contribution >= 0.6 is 0 Å². The van der Waals surface area contributed by atoms with E-state index in [0.29, 0.717) is 18.9 Å². The topological polar surface area (TPSA) is 58.2 Å². The molecule has 5 heteroatoms. The minimum atomic E-state index is -3.14. The molecule has 0 aromatic heterocycles. The highest BCUT2D eigenvalue weighted by molar-refractivity contribution is 7.89. The van der Waals surface area contributed by atoms with Crippen molar-refractivity contribution < 1.29 is 8.42 Å². The predicted molar refractivity (Wildman–Crippen MR) is 69.0 cm³/mol. The van der Waals surface area contributed by atoms with Crippen LogP contribution in [0.15, 0.2) is 12.7 Å². The van der Waals surface area contributed by atoms with Crippen molar-refractivity contribution in [2.75, 3.05) is 12.3 Å². The lowest BCUT2D eigenvalue weighted by Gasteiger charge is -2.13. The average Bonchev–Trinajstić information content (AvgIpc) is 2.11. The van der Waals surface area contributed by atoms with E-state index < -0.39 is 10.0 Å². The average molecular weight is 248 g/mol. The van der Waals surface area contributed by atoms with Crippen LogP contribution in [0.5, 0.6) is 0 Å². The van der Waals surface area contributed by atoms with E-state index in [2.05, 4.69) is 16.6 Å². The predicted octanol–water partition coefficient (Wildman–Crippen LogP) is 1.26. The highest BCUT2D eigenvalue weighted by Crippen LogP contribution is 1.96. The summed E-state index contributed by atoms with van der Waals surface area (Å²) in [7, 11) is -3.14. The molecule has 0 aliphatic rings. The molecule has 0 aliphatic heterocycles. The first-order valence-corrected chi connectivity index (χ1v) is 7.37. The van der Waals surface area contributed by atoms with E-state index >= 15 is 0 Å². The Kier molecular flexibility index (Phi) is 7.62. The van der Waals surface area contributed by atoms with Crippen LogP contribution in [0, 0.1) is 0 Å². The van der Waals surface area contributed by atoms with Crippen LogP contribution in [0.3, 0.4) is 0 Å². The summed E-state index contributed by atoms with van der Waals surface area (Å²) in [4.78, 5) is 0. The van der Waals surface area contributed by atoms with Crippen LogP contribution in [0.4, 0.5) is 0 Å². The maximum atomic E-state index is 11.6. The van der Waals surface area contributed by atoms with Gasteiger partial charge in [0.05, 0.1) is 5.75 Å². The lowest BCUT2D eigenvalue weighted by Crippen LogP contribution is -2.35. The molecule has 0 aromatic carbocycles. The van der Waals surface area contributed by atoms with Gasteiger partial charge in [0.15, 0.2) is 0 Å². The summed E-state index contributed by atoms with van der Waals surface area (Å²) in [5.74, 6) is 0.175. The number of nitrogens with one attached hydrogen (secondary N) is 2. The van der Waals surface area contributed by atoms with E-state index in [4.69, 9.17) is 0 Å². The zero-order valence-electron chi connectivity index (χ0n) is 10.5. The number of rotatable bonds is 9. The van der Waals surface area contributed by atoms with Crippen LogP contribution in [0.2, 0.25) is 0 Å². The van der Waals surface area contributed by atoms with Gasteiger partial charge >= 0.3 is 0 Å². The fourth-order valence-electron chi connectivity index (χ4n) is 1.32. The number of hydrogen-bond donors (Lipinski definition) is 2. The zero-order chi connectivity index (χ0) is 12.6. The fraction of sp³-hybridized carbons (Fsp3) is 0.818. The molecule has 0 fully saturated rings. The number of sulfonamides is 1. The van der Waals surface area contributed by atoms with E-state index in [1.807, 2.05) is 20.8 Å². The van der Waals surface area contributed by atoms with Gasteiger partial charge in [-0.15, -0.1) is 6.58 Å².